The van der Waals surface area contributed by atoms with Crippen molar-refractivity contribution >= 4 is 22.9 Å². The van der Waals surface area contributed by atoms with Gasteiger partial charge in [0, 0.05) is 47.8 Å². The van der Waals surface area contributed by atoms with Gasteiger partial charge in [-0.15, -0.1) is 11.3 Å². The number of fused-ring (bicyclic) bond motifs is 3. The van der Waals surface area contributed by atoms with Gasteiger partial charge in [0.1, 0.15) is 5.65 Å². The fourth-order valence-electron chi connectivity index (χ4n) is 7.90. The first-order chi connectivity index (χ1) is 19.8. The minimum absolute atomic E-state index is 0. The highest BCUT2D eigenvalue weighted by molar-refractivity contribution is 7.17. The van der Waals surface area contributed by atoms with Crippen LogP contribution in [0.2, 0.25) is 0 Å². The zero-order valence-electron chi connectivity index (χ0n) is 24.4. The molecule has 4 unspecified atom stereocenters. The SMILES string of the molecule is C.CNCCOC1CC2(C)CC(C)CC(CCc3[nH]ncc3-c3ccc(C(=O)NCc4ccn5ccnc5c4)s3)(C1)C2. The number of carbonyl (C=O) groups is 1. The highest BCUT2D eigenvalue weighted by Gasteiger charge is 2.50. The second-order valence-electron chi connectivity index (χ2n) is 12.8. The van der Waals surface area contributed by atoms with Crippen molar-refractivity contribution in [3.05, 3.63) is 65.2 Å². The van der Waals surface area contributed by atoms with Crippen LogP contribution in [0, 0.1) is 16.7 Å². The number of aryl methyl sites for hydroxylation is 1. The van der Waals surface area contributed by atoms with Crippen molar-refractivity contribution in [1.29, 1.82) is 0 Å². The van der Waals surface area contributed by atoms with Gasteiger partial charge in [0.05, 0.1) is 23.8 Å². The summed E-state index contributed by atoms with van der Waals surface area (Å²) in [5, 5.41) is 14.0. The smallest absolute Gasteiger partial charge is 0.261 e. The minimum Gasteiger partial charge on any atom is -0.377 e. The zero-order chi connectivity index (χ0) is 28.5. The van der Waals surface area contributed by atoms with Crippen molar-refractivity contribution in [3.8, 4) is 10.4 Å². The second kappa shape index (κ2) is 12.7. The number of nitrogens with zero attached hydrogens (tertiary/aromatic N) is 3. The summed E-state index contributed by atoms with van der Waals surface area (Å²) in [5.74, 6) is 0.684. The average molecular weight is 591 g/mol. The lowest BCUT2D eigenvalue weighted by Crippen LogP contribution is -2.48. The summed E-state index contributed by atoms with van der Waals surface area (Å²) in [6.45, 7) is 7.06. The third-order valence-corrected chi connectivity index (χ3v) is 10.3. The summed E-state index contributed by atoms with van der Waals surface area (Å²) in [4.78, 5) is 19.1. The van der Waals surface area contributed by atoms with Crippen LogP contribution in [0.1, 0.15) is 80.7 Å². The first kappa shape index (κ1) is 30.4. The van der Waals surface area contributed by atoms with Gasteiger partial charge >= 0.3 is 0 Å². The molecule has 2 bridgehead atoms. The number of imidazole rings is 1. The Morgan fingerprint density at radius 2 is 2.10 bits per heavy atom. The molecule has 4 heterocycles. The van der Waals surface area contributed by atoms with E-state index in [1.165, 1.54) is 42.7 Å². The molecule has 8 nitrogen and oxygen atoms in total. The van der Waals surface area contributed by atoms with Crippen LogP contribution in [0.5, 0.6) is 0 Å². The molecule has 0 radical (unpaired) electrons. The molecule has 0 spiro atoms. The molecule has 2 saturated carbocycles. The van der Waals surface area contributed by atoms with Crippen LogP contribution >= 0.6 is 11.3 Å². The fourth-order valence-corrected chi connectivity index (χ4v) is 8.86. The highest BCUT2D eigenvalue weighted by atomic mass is 32.1. The van der Waals surface area contributed by atoms with Gasteiger partial charge in [-0.1, -0.05) is 21.3 Å². The third kappa shape index (κ3) is 6.63. The molecule has 2 aliphatic carbocycles. The summed E-state index contributed by atoms with van der Waals surface area (Å²) in [5.41, 5.74) is 4.84. The maximum absolute atomic E-state index is 13.0. The molecule has 4 atom stereocenters. The number of aromatic amines is 1. The van der Waals surface area contributed by atoms with Crippen LogP contribution in [-0.4, -0.2) is 51.8 Å². The number of thiophene rings is 1. The quantitative estimate of drug-likeness (QED) is 0.173. The Morgan fingerprint density at radius 1 is 1.21 bits per heavy atom. The average Bonchev–Trinajstić information content (AvgIpc) is 3.70. The van der Waals surface area contributed by atoms with E-state index in [2.05, 4.69) is 45.7 Å². The summed E-state index contributed by atoms with van der Waals surface area (Å²) >= 11 is 1.53. The minimum atomic E-state index is -0.0598. The summed E-state index contributed by atoms with van der Waals surface area (Å²) in [6, 6.07) is 7.97. The maximum Gasteiger partial charge on any atom is 0.261 e. The van der Waals surface area contributed by atoms with E-state index in [9.17, 15) is 4.79 Å². The zero-order valence-corrected chi connectivity index (χ0v) is 25.2. The van der Waals surface area contributed by atoms with Crippen molar-refractivity contribution in [1.82, 2.24) is 30.2 Å². The van der Waals surface area contributed by atoms with Crippen molar-refractivity contribution < 1.29 is 9.53 Å². The summed E-state index contributed by atoms with van der Waals surface area (Å²) < 4.78 is 8.34. The Labute approximate surface area is 253 Å². The van der Waals surface area contributed by atoms with Crippen molar-refractivity contribution in [2.24, 2.45) is 16.7 Å². The van der Waals surface area contributed by atoms with Crippen molar-refractivity contribution in [2.45, 2.75) is 78.9 Å². The van der Waals surface area contributed by atoms with Crippen LogP contribution in [0.25, 0.3) is 16.1 Å². The fraction of sp³-hybridized carbons (Fsp3) is 0.545. The van der Waals surface area contributed by atoms with Gasteiger partial charge in [0.25, 0.3) is 5.91 Å². The summed E-state index contributed by atoms with van der Waals surface area (Å²) in [7, 11) is 1.98. The van der Waals surface area contributed by atoms with Crippen LogP contribution < -0.4 is 10.6 Å². The standard InChI is InChI=1S/C32H42N6O2S.CH4/c1-22-15-31(2)17-24(40-13-10-33-3)18-32(16-22,21-31)8-6-26-25(20-36-37-26)27-4-5-28(41-27)30(39)35-19-23-7-11-38-12-9-34-29(38)14-23;/h4-5,7,9,11-12,14,20,22,24,33H,6,8,10,13,15-19,21H2,1-3H3,(H,35,39)(H,36,37);1H4. The molecular formula is C33H46N6O2S. The van der Waals surface area contributed by atoms with Crippen molar-refractivity contribution in [2.75, 3.05) is 20.2 Å². The Balaban J connectivity index is 0.00000353. The maximum atomic E-state index is 13.0. The lowest BCUT2D eigenvalue weighted by Gasteiger charge is -2.55. The van der Waals surface area contributed by atoms with Gasteiger partial charge in [-0.25, -0.2) is 4.98 Å². The van der Waals surface area contributed by atoms with Crippen LogP contribution in [0.4, 0.5) is 0 Å². The monoisotopic (exact) mass is 590 g/mol. The normalized spacial score (nSPS) is 25.3. The van der Waals surface area contributed by atoms with E-state index < -0.39 is 0 Å². The number of H-pyrrole nitrogens is 1. The molecule has 3 N–H and O–H groups in total. The molecule has 226 valence electrons. The lowest BCUT2D eigenvalue weighted by molar-refractivity contribution is -0.105. The number of amides is 1. The van der Waals surface area contributed by atoms with Gasteiger partial charge in [-0.3, -0.25) is 9.89 Å². The number of pyridine rings is 1. The van der Waals surface area contributed by atoms with E-state index in [1.54, 1.807) is 6.20 Å². The van der Waals surface area contributed by atoms with Crippen LogP contribution in [0.3, 0.4) is 0 Å². The molecule has 4 aromatic rings. The highest BCUT2D eigenvalue weighted by Crippen LogP contribution is 2.59. The van der Waals surface area contributed by atoms with E-state index in [0.717, 1.165) is 60.0 Å². The van der Waals surface area contributed by atoms with E-state index >= 15 is 0 Å². The molecule has 0 aliphatic heterocycles. The van der Waals surface area contributed by atoms with Crippen molar-refractivity contribution in [3.63, 3.8) is 0 Å². The predicted octanol–water partition coefficient (Wildman–Crippen LogP) is 6.50. The van der Waals surface area contributed by atoms with E-state index in [4.69, 9.17) is 4.74 Å². The van der Waals surface area contributed by atoms with E-state index in [1.807, 2.05) is 48.2 Å². The lowest BCUT2D eigenvalue weighted by atomic mass is 9.51. The molecule has 9 heteroatoms. The number of hydrogen-bond acceptors (Lipinski definition) is 6. The molecule has 2 aliphatic rings. The molecule has 1 amide bonds. The summed E-state index contributed by atoms with van der Waals surface area (Å²) in [6.07, 6.45) is 16.2. The first-order valence-electron chi connectivity index (χ1n) is 14.9. The topological polar surface area (TPSA) is 96.3 Å². The third-order valence-electron chi connectivity index (χ3n) is 9.15. The number of nitrogens with one attached hydrogen (secondary N) is 3. The first-order valence-corrected chi connectivity index (χ1v) is 15.7. The van der Waals surface area contributed by atoms with E-state index in [0.29, 0.717) is 28.4 Å². The molecular weight excluding hydrogens is 544 g/mol. The number of carbonyl (C=O) groups excluding carboxylic acids is 1. The van der Waals surface area contributed by atoms with Gasteiger partial charge < -0.3 is 19.8 Å². The van der Waals surface area contributed by atoms with Gasteiger partial charge in [0.15, 0.2) is 0 Å². The molecule has 6 rings (SSSR count). The number of rotatable bonds is 11. The molecule has 2 fully saturated rings. The van der Waals surface area contributed by atoms with Crippen LogP contribution in [0.15, 0.2) is 49.1 Å². The Bertz CT molecular complexity index is 1490. The number of likely N-dealkylation sites (N-methyl/N-ethyl adjacent to an activating group) is 1. The molecule has 0 aromatic carbocycles. The Kier molecular flexibility index (Phi) is 9.20. The molecule has 0 saturated heterocycles. The van der Waals surface area contributed by atoms with E-state index in [-0.39, 0.29) is 13.3 Å². The Hall–Kier alpha value is -3.01. The second-order valence-corrected chi connectivity index (χ2v) is 13.9. The number of ether oxygens (including phenoxy) is 1. The van der Waals surface area contributed by atoms with Gasteiger partial charge in [-0.05, 0) is 98.6 Å². The molecule has 4 aromatic heterocycles. The number of aromatic nitrogens is 4. The van der Waals surface area contributed by atoms with Gasteiger partial charge in [0.2, 0.25) is 0 Å². The number of hydrogen-bond donors (Lipinski definition) is 3. The van der Waals surface area contributed by atoms with Gasteiger partial charge in [-0.2, -0.15) is 5.10 Å². The molecule has 42 heavy (non-hydrogen) atoms. The van der Waals surface area contributed by atoms with Crippen LogP contribution in [-0.2, 0) is 17.7 Å². The Morgan fingerprint density at radius 3 is 2.95 bits per heavy atom. The predicted molar refractivity (Wildman–Crippen MR) is 170 cm³/mol. The largest absolute Gasteiger partial charge is 0.377 e.